The van der Waals surface area contributed by atoms with Gasteiger partial charge >= 0.3 is 6.09 Å². The quantitative estimate of drug-likeness (QED) is 0.225. The van der Waals surface area contributed by atoms with Crippen LogP contribution in [0.15, 0.2) is 35.5 Å². The van der Waals surface area contributed by atoms with Gasteiger partial charge in [-0.25, -0.2) is 4.79 Å². The predicted octanol–water partition coefficient (Wildman–Crippen LogP) is 2.79. The van der Waals surface area contributed by atoms with Crippen LogP contribution < -0.4 is 5.32 Å². The fourth-order valence-corrected chi connectivity index (χ4v) is 1.89. The molecule has 1 aromatic rings. The molecule has 0 heterocycles. The summed E-state index contributed by atoms with van der Waals surface area (Å²) in [6.07, 6.45) is 1.18. The third-order valence-corrected chi connectivity index (χ3v) is 3.83. The Labute approximate surface area is 132 Å². The number of nitrogens with one attached hydrogen (secondary N) is 1. The van der Waals surface area contributed by atoms with E-state index in [-0.39, 0.29) is 11.8 Å². The third-order valence-electron chi connectivity index (χ3n) is 2.33. The van der Waals surface area contributed by atoms with Gasteiger partial charge in [0.05, 0.1) is 5.88 Å². The van der Waals surface area contributed by atoms with E-state index < -0.39 is 6.09 Å². The average molecular weight is 327 g/mol. The molecule has 0 unspecified atom stereocenters. The van der Waals surface area contributed by atoms with E-state index in [4.69, 9.17) is 0 Å². The topological polar surface area (TPSA) is 71.0 Å². The van der Waals surface area contributed by atoms with E-state index in [1.807, 2.05) is 12.3 Å². The highest BCUT2D eigenvalue weighted by molar-refractivity contribution is 8.13. The molecule has 8 heteroatoms. The minimum Gasteiger partial charge on any atom is -0.309 e. The monoisotopic (exact) mass is 327 g/mol. The summed E-state index contributed by atoms with van der Waals surface area (Å²) in [7, 11) is 1.64. The molecule has 0 aliphatic rings. The second-order valence-electron chi connectivity index (χ2n) is 3.81. The second-order valence-corrected chi connectivity index (χ2v) is 5.91. The third kappa shape index (κ3) is 6.54. The zero-order chi connectivity index (χ0) is 15.7. The van der Waals surface area contributed by atoms with Crippen LogP contribution >= 0.6 is 23.7 Å². The van der Waals surface area contributed by atoms with E-state index in [0.29, 0.717) is 10.6 Å². The summed E-state index contributed by atoms with van der Waals surface area (Å²) >= 11 is 2.55. The van der Waals surface area contributed by atoms with Gasteiger partial charge in [0, 0.05) is 12.6 Å². The first-order valence-electron chi connectivity index (χ1n) is 6.04. The van der Waals surface area contributed by atoms with E-state index in [1.54, 1.807) is 38.2 Å². The van der Waals surface area contributed by atoms with E-state index in [9.17, 15) is 9.59 Å². The lowest BCUT2D eigenvalue weighted by molar-refractivity contribution is 0.0891. The lowest BCUT2D eigenvalue weighted by Gasteiger charge is -2.15. The van der Waals surface area contributed by atoms with Crippen molar-refractivity contribution in [3.05, 3.63) is 35.9 Å². The van der Waals surface area contributed by atoms with Crippen LogP contribution in [0.1, 0.15) is 17.3 Å². The molecule has 1 aromatic carbocycles. The molecule has 0 bridgehead atoms. The van der Waals surface area contributed by atoms with Gasteiger partial charge in [-0.1, -0.05) is 23.4 Å². The maximum absolute atomic E-state index is 12.0. The Morgan fingerprint density at radius 1 is 1.33 bits per heavy atom. The van der Waals surface area contributed by atoms with E-state index in [0.717, 1.165) is 0 Å². The summed E-state index contributed by atoms with van der Waals surface area (Å²) in [6.45, 7) is 1.74. The van der Waals surface area contributed by atoms with Crippen molar-refractivity contribution < 1.29 is 14.4 Å². The fourth-order valence-electron chi connectivity index (χ4n) is 1.18. The number of carbonyl (C=O) groups excluding carboxylic acids is 2. The van der Waals surface area contributed by atoms with Crippen LogP contribution in [-0.2, 0) is 4.84 Å². The van der Waals surface area contributed by atoms with Crippen molar-refractivity contribution in [3.8, 4) is 0 Å². The number of amides is 2. The SMILES string of the molecule is CS/C(C)=N/OC(=O)NCSN(C)C(=O)c1ccccc1. The average Bonchev–Trinajstić information content (AvgIpc) is 2.52. The molecular formula is C13H17N3O3S2. The molecule has 0 aromatic heterocycles. The van der Waals surface area contributed by atoms with E-state index in [2.05, 4.69) is 15.3 Å². The Morgan fingerprint density at radius 3 is 2.62 bits per heavy atom. The van der Waals surface area contributed by atoms with Crippen LogP contribution in [0.5, 0.6) is 0 Å². The summed E-state index contributed by atoms with van der Waals surface area (Å²) < 4.78 is 1.45. The van der Waals surface area contributed by atoms with Crippen molar-refractivity contribution in [3.63, 3.8) is 0 Å². The molecule has 1 rings (SSSR count). The van der Waals surface area contributed by atoms with Gasteiger partial charge in [-0.15, -0.1) is 11.8 Å². The van der Waals surface area contributed by atoms with Crippen molar-refractivity contribution in [1.82, 2.24) is 9.62 Å². The number of carbonyl (C=O) groups is 2. The van der Waals surface area contributed by atoms with Crippen molar-refractivity contribution >= 4 is 40.8 Å². The van der Waals surface area contributed by atoms with Gasteiger partial charge in [-0.05, 0) is 37.3 Å². The fraction of sp³-hybridized carbons (Fsp3) is 0.308. The molecule has 0 fully saturated rings. The number of nitrogens with zero attached hydrogens (tertiary/aromatic N) is 2. The van der Waals surface area contributed by atoms with Gasteiger partial charge in [0.1, 0.15) is 5.04 Å². The Kier molecular flexibility index (Phi) is 7.70. The summed E-state index contributed by atoms with van der Waals surface area (Å²) in [5.41, 5.74) is 0.593. The molecule has 0 saturated heterocycles. The molecule has 0 aliphatic heterocycles. The number of benzene rings is 1. The Hall–Kier alpha value is -1.67. The largest absolute Gasteiger partial charge is 0.434 e. The maximum Gasteiger partial charge on any atom is 0.434 e. The Morgan fingerprint density at radius 2 is 2.00 bits per heavy atom. The second kappa shape index (κ2) is 9.30. The van der Waals surface area contributed by atoms with Crippen LogP contribution in [0.25, 0.3) is 0 Å². The smallest absolute Gasteiger partial charge is 0.309 e. The van der Waals surface area contributed by atoms with Crippen LogP contribution in [0.4, 0.5) is 4.79 Å². The standard InChI is InChI=1S/C13H17N3O3S2/c1-10(20-3)15-19-13(18)14-9-21-16(2)12(17)11-7-5-4-6-8-11/h4-8H,9H2,1-3H3,(H,14,18)/b15-10+. The summed E-state index contributed by atoms with van der Waals surface area (Å²) in [5, 5.41) is 6.74. The molecule has 0 saturated carbocycles. The van der Waals surface area contributed by atoms with Crippen LogP contribution in [0.2, 0.25) is 0 Å². The zero-order valence-corrected chi connectivity index (χ0v) is 13.7. The molecule has 21 heavy (non-hydrogen) atoms. The number of hydrogen-bond acceptors (Lipinski definition) is 6. The summed E-state index contributed by atoms with van der Waals surface area (Å²) in [4.78, 5) is 28.0. The van der Waals surface area contributed by atoms with Gasteiger partial charge in [0.25, 0.3) is 5.91 Å². The first kappa shape index (κ1) is 17.4. The highest BCUT2D eigenvalue weighted by Gasteiger charge is 2.12. The Bertz CT molecular complexity index is 509. The minimum absolute atomic E-state index is 0.132. The van der Waals surface area contributed by atoms with Gasteiger partial charge in [-0.2, -0.15) is 0 Å². The van der Waals surface area contributed by atoms with E-state index in [1.165, 1.54) is 28.0 Å². The van der Waals surface area contributed by atoms with Crippen LogP contribution in [-0.4, -0.2) is 40.5 Å². The van der Waals surface area contributed by atoms with E-state index >= 15 is 0 Å². The minimum atomic E-state index is -0.656. The van der Waals surface area contributed by atoms with Crippen molar-refractivity contribution in [2.45, 2.75) is 6.92 Å². The molecule has 1 N–H and O–H groups in total. The molecule has 0 aliphatic carbocycles. The van der Waals surface area contributed by atoms with Gasteiger partial charge in [0.2, 0.25) is 0 Å². The van der Waals surface area contributed by atoms with Crippen molar-refractivity contribution in [2.24, 2.45) is 5.16 Å². The molecule has 0 atom stereocenters. The molecular weight excluding hydrogens is 310 g/mol. The van der Waals surface area contributed by atoms with Gasteiger partial charge in [0.15, 0.2) is 0 Å². The van der Waals surface area contributed by atoms with Crippen LogP contribution in [0.3, 0.4) is 0 Å². The number of oxime groups is 1. The number of thioether (sulfide) groups is 1. The molecule has 114 valence electrons. The maximum atomic E-state index is 12.0. The molecule has 0 spiro atoms. The van der Waals surface area contributed by atoms with Crippen molar-refractivity contribution in [2.75, 3.05) is 19.2 Å². The lowest BCUT2D eigenvalue weighted by atomic mass is 10.2. The number of rotatable bonds is 5. The molecule has 0 radical (unpaired) electrons. The molecule has 2 amide bonds. The Balaban J connectivity index is 2.32. The normalized spacial score (nSPS) is 10.9. The predicted molar refractivity (Wildman–Crippen MR) is 87.2 cm³/mol. The first-order valence-corrected chi connectivity index (χ1v) is 8.20. The molecule has 6 nitrogen and oxygen atoms in total. The van der Waals surface area contributed by atoms with Gasteiger partial charge in [-0.3, -0.25) is 13.9 Å². The van der Waals surface area contributed by atoms with Crippen LogP contribution in [0, 0.1) is 0 Å². The zero-order valence-electron chi connectivity index (χ0n) is 12.0. The first-order chi connectivity index (χ1) is 10.0. The van der Waals surface area contributed by atoms with Gasteiger partial charge < -0.3 is 5.32 Å². The summed E-state index contributed by atoms with van der Waals surface area (Å²) in [5.74, 6) is 0.0777. The summed E-state index contributed by atoms with van der Waals surface area (Å²) in [6, 6.07) is 8.92. The highest BCUT2D eigenvalue weighted by Crippen LogP contribution is 2.11. The number of hydrogen-bond donors (Lipinski definition) is 1. The lowest BCUT2D eigenvalue weighted by Crippen LogP contribution is -2.27. The highest BCUT2D eigenvalue weighted by atomic mass is 32.2. The van der Waals surface area contributed by atoms with Crippen molar-refractivity contribution in [1.29, 1.82) is 0 Å².